The smallest absolute Gasteiger partial charge is 0.317 e. The number of carbonyl (C=O) groups is 3. The fraction of sp³-hybridized carbons (Fsp3) is 0.485. The van der Waals surface area contributed by atoms with Crippen molar-refractivity contribution >= 4 is 50.7 Å². The summed E-state index contributed by atoms with van der Waals surface area (Å²) in [6.45, 7) is 3.30. The van der Waals surface area contributed by atoms with Crippen molar-refractivity contribution < 1.29 is 29.7 Å². The molecule has 14 heteroatoms. The van der Waals surface area contributed by atoms with Gasteiger partial charge in [0.05, 0.1) is 58.8 Å². The molecule has 0 saturated carbocycles. The van der Waals surface area contributed by atoms with Gasteiger partial charge in [-0.05, 0) is 49.9 Å². The van der Waals surface area contributed by atoms with Gasteiger partial charge < -0.3 is 15.3 Å². The van der Waals surface area contributed by atoms with Crippen LogP contribution in [-0.4, -0.2) is 145 Å². The van der Waals surface area contributed by atoms with Gasteiger partial charge in [-0.3, -0.25) is 39.0 Å². The van der Waals surface area contributed by atoms with E-state index in [-0.39, 0.29) is 19.6 Å². The summed E-state index contributed by atoms with van der Waals surface area (Å²) in [6.07, 6.45) is 5.83. The predicted octanol–water partition coefficient (Wildman–Crippen LogP) is 1.58. The van der Waals surface area contributed by atoms with Crippen LogP contribution in [0.5, 0.6) is 0 Å². The van der Waals surface area contributed by atoms with Gasteiger partial charge in [-0.15, -0.1) is 0 Å². The Morgan fingerprint density at radius 1 is 0.574 bits per heavy atom. The third kappa shape index (κ3) is 7.96. The Bertz CT molecular complexity index is 1770. The molecule has 14 nitrogen and oxygen atoms in total. The van der Waals surface area contributed by atoms with Gasteiger partial charge in [0.15, 0.2) is 0 Å². The van der Waals surface area contributed by atoms with Gasteiger partial charge in [-0.2, -0.15) is 0 Å². The molecule has 0 radical (unpaired) electrons. The van der Waals surface area contributed by atoms with Crippen molar-refractivity contribution in [3.05, 3.63) is 47.5 Å². The molecule has 4 heterocycles. The van der Waals surface area contributed by atoms with Crippen LogP contribution >= 0.6 is 0 Å². The minimum absolute atomic E-state index is 0.163. The molecule has 47 heavy (non-hydrogen) atoms. The van der Waals surface area contributed by atoms with E-state index >= 15 is 0 Å². The van der Waals surface area contributed by atoms with Gasteiger partial charge in [-0.1, -0.05) is 0 Å². The number of hydrogen-bond acceptors (Lipinski definition) is 11. The molecule has 0 amide bonds. The molecule has 1 aromatic carbocycles. The number of nitrogens with zero attached hydrogens (tertiary/aromatic N) is 8. The minimum Gasteiger partial charge on any atom is -0.480 e. The van der Waals surface area contributed by atoms with Gasteiger partial charge in [0.1, 0.15) is 0 Å². The van der Waals surface area contributed by atoms with Crippen LogP contribution < -0.4 is 0 Å². The lowest BCUT2D eigenvalue weighted by Crippen LogP contribution is -2.48. The largest absolute Gasteiger partial charge is 0.480 e. The SMILES string of the molecule is O=C(O)CN1CCN(CC(=O)O)CCN(Cc2ccc3c(n2)c2ncccc2c2nc4c(nc32)CCCC4)CCN(CC(=O)O)CC1. The molecule has 248 valence electrons. The molecule has 6 rings (SSSR count). The van der Waals surface area contributed by atoms with Crippen LogP contribution in [0.15, 0.2) is 30.5 Å². The second-order valence-corrected chi connectivity index (χ2v) is 12.4. The first-order valence-corrected chi connectivity index (χ1v) is 16.1. The quantitative estimate of drug-likeness (QED) is 0.236. The van der Waals surface area contributed by atoms with Crippen molar-refractivity contribution in [2.45, 2.75) is 32.2 Å². The van der Waals surface area contributed by atoms with E-state index in [1.54, 1.807) is 11.1 Å². The summed E-state index contributed by atoms with van der Waals surface area (Å²) in [6, 6.07) is 7.95. The molecule has 2 aliphatic rings. The number of pyridine rings is 2. The Morgan fingerprint density at radius 2 is 1.02 bits per heavy atom. The zero-order valence-corrected chi connectivity index (χ0v) is 26.3. The van der Waals surface area contributed by atoms with Crippen LogP contribution in [-0.2, 0) is 33.8 Å². The lowest BCUT2D eigenvalue weighted by Gasteiger charge is -2.33. The zero-order chi connectivity index (χ0) is 32.9. The van der Waals surface area contributed by atoms with Crippen LogP contribution in [0.25, 0.3) is 32.8 Å². The summed E-state index contributed by atoms with van der Waals surface area (Å²) >= 11 is 0. The van der Waals surface area contributed by atoms with E-state index in [2.05, 4.69) is 4.90 Å². The molecule has 3 N–H and O–H groups in total. The van der Waals surface area contributed by atoms with E-state index in [4.69, 9.17) is 19.9 Å². The van der Waals surface area contributed by atoms with E-state index < -0.39 is 17.9 Å². The van der Waals surface area contributed by atoms with E-state index in [1.165, 1.54) is 0 Å². The number of aryl methyl sites for hydroxylation is 2. The summed E-state index contributed by atoms with van der Waals surface area (Å²) in [5, 5.41) is 30.3. The Hall–Kier alpha value is -4.37. The van der Waals surface area contributed by atoms with E-state index in [0.717, 1.165) is 75.6 Å². The Morgan fingerprint density at radius 3 is 1.51 bits per heavy atom. The lowest BCUT2D eigenvalue weighted by atomic mass is 9.99. The topological polar surface area (TPSA) is 176 Å². The summed E-state index contributed by atoms with van der Waals surface area (Å²) in [5.74, 6) is -2.88. The number of aromatic nitrogens is 4. The highest BCUT2D eigenvalue weighted by Crippen LogP contribution is 2.33. The second kappa shape index (κ2) is 14.6. The second-order valence-electron chi connectivity index (χ2n) is 12.4. The molecule has 1 fully saturated rings. The maximum absolute atomic E-state index is 11.7. The first kappa shape index (κ1) is 32.6. The first-order valence-electron chi connectivity index (χ1n) is 16.1. The molecule has 0 bridgehead atoms. The van der Waals surface area contributed by atoms with Crippen molar-refractivity contribution in [3.8, 4) is 0 Å². The summed E-state index contributed by atoms with van der Waals surface area (Å²) in [5.41, 5.74) is 6.13. The Labute approximate surface area is 271 Å². The van der Waals surface area contributed by atoms with Gasteiger partial charge >= 0.3 is 17.9 Å². The molecule has 1 aliphatic heterocycles. The molecule has 0 spiro atoms. The van der Waals surface area contributed by atoms with E-state index in [9.17, 15) is 29.7 Å². The fourth-order valence-corrected chi connectivity index (χ4v) is 6.62. The number of aliphatic carboxylic acids is 3. The summed E-state index contributed by atoms with van der Waals surface area (Å²) in [7, 11) is 0. The van der Waals surface area contributed by atoms with Gasteiger partial charge in [0.25, 0.3) is 0 Å². The molecule has 1 saturated heterocycles. The maximum atomic E-state index is 11.7. The number of rotatable bonds is 8. The summed E-state index contributed by atoms with van der Waals surface area (Å²) < 4.78 is 0. The van der Waals surface area contributed by atoms with E-state index in [0.29, 0.717) is 58.9 Å². The molecule has 0 unspecified atom stereocenters. The average Bonchev–Trinajstić information content (AvgIpc) is 3.04. The number of benzene rings is 1. The van der Waals surface area contributed by atoms with Crippen molar-refractivity contribution in [1.29, 1.82) is 0 Å². The normalized spacial score (nSPS) is 18.1. The maximum Gasteiger partial charge on any atom is 0.317 e. The van der Waals surface area contributed by atoms with Crippen LogP contribution in [0.3, 0.4) is 0 Å². The van der Waals surface area contributed by atoms with Gasteiger partial charge in [0.2, 0.25) is 0 Å². The van der Waals surface area contributed by atoms with Crippen molar-refractivity contribution in [2.24, 2.45) is 0 Å². The Balaban J connectivity index is 1.31. The van der Waals surface area contributed by atoms with Crippen LogP contribution in [0.2, 0.25) is 0 Å². The van der Waals surface area contributed by atoms with Gasteiger partial charge in [0, 0.05) is 75.9 Å². The average molecular weight is 645 g/mol. The minimum atomic E-state index is -0.983. The number of carboxylic acid groups (broad SMARTS) is 3. The third-order valence-corrected chi connectivity index (χ3v) is 9.02. The van der Waals surface area contributed by atoms with Crippen LogP contribution in [0.1, 0.15) is 29.9 Å². The van der Waals surface area contributed by atoms with E-state index in [1.807, 2.05) is 34.1 Å². The van der Waals surface area contributed by atoms with Crippen molar-refractivity contribution in [1.82, 2.24) is 39.5 Å². The zero-order valence-electron chi connectivity index (χ0n) is 26.3. The van der Waals surface area contributed by atoms with Gasteiger partial charge in [-0.25, -0.2) is 15.0 Å². The highest BCUT2D eigenvalue weighted by atomic mass is 16.4. The molecule has 0 atom stereocenters. The molecule has 4 aromatic rings. The molecule has 1 aliphatic carbocycles. The predicted molar refractivity (Wildman–Crippen MR) is 174 cm³/mol. The third-order valence-electron chi connectivity index (χ3n) is 9.02. The number of hydrogen-bond donors (Lipinski definition) is 3. The highest BCUT2D eigenvalue weighted by molar-refractivity contribution is 6.20. The first-order chi connectivity index (χ1) is 22.7. The fourth-order valence-electron chi connectivity index (χ4n) is 6.62. The summed E-state index contributed by atoms with van der Waals surface area (Å²) in [4.78, 5) is 62.4. The molecular formula is C33H40N8O6. The number of fused-ring (bicyclic) bond motifs is 7. The Kier molecular flexibility index (Phi) is 10.1. The number of carboxylic acids is 3. The standard InChI is InChI=1S/C33H40N8O6/c42-27(43)19-39-12-10-38(11-13-40(20-28(44)45)15-17-41(16-14-39)21-29(46)47)18-22-7-8-24-31(35-22)30-23(4-3-9-34-30)32-33(24)37-26-6-2-1-5-25(26)36-32/h3-4,7-9H,1-2,5-6,10-21H2,(H,42,43)(H,44,45)(H,46,47). The van der Waals surface area contributed by atoms with Crippen molar-refractivity contribution in [3.63, 3.8) is 0 Å². The molecular weight excluding hydrogens is 604 g/mol. The monoisotopic (exact) mass is 644 g/mol. The van der Waals surface area contributed by atoms with Crippen LogP contribution in [0, 0.1) is 0 Å². The van der Waals surface area contributed by atoms with Crippen molar-refractivity contribution in [2.75, 3.05) is 72.0 Å². The highest BCUT2D eigenvalue weighted by Gasteiger charge is 2.22. The molecule has 3 aromatic heterocycles. The lowest BCUT2D eigenvalue weighted by molar-refractivity contribution is -0.140. The van der Waals surface area contributed by atoms with Crippen LogP contribution in [0.4, 0.5) is 0 Å².